The third-order valence-electron chi connectivity index (χ3n) is 2.13. The highest BCUT2D eigenvalue weighted by Gasteiger charge is 2.08. The fourth-order valence-electron chi connectivity index (χ4n) is 1.28. The van der Waals surface area contributed by atoms with Gasteiger partial charge in [-0.3, -0.25) is 4.79 Å². The molecule has 0 aliphatic carbocycles. The minimum atomic E-state index is 0.105. The van der Waals surface area contributed by atoms with E-state index in [1.54, 1.807) is 18.2 Å². The molecule has 0 spiro atoms. The lowest BCUT2D eigenvalue weighted by atomic mass is 10.0. The maximum absolute atomic E-state index is 11.7. The van der Waals surface area contributed by atoms with Gasteiger partial charge in [0.25, 0.3) is 0 Å². The minimum absolute atomic E-state index is 0.105. The standard InChI is InChI=1S/C12H14Cl2O/c1-8(2)3-4-12(15)9-5-10(13)7-11(14)6-9/h5-8H,3-4H2,1-2H3. The lowest BCUT2D eigenvalue weighted by Gasteiger charge is -2.04. The number of rotatable bonds is 4. The molecule has 1 aromatic carbocycles. The van der Waals surface area contributed by atoms with Gasteiger partial charge in [-0.05, 0) is 30.5 Å². The summed E-state index contributed by atoms with van der Waals surface area (Å²) in [5, 5.41) is 1.02. The number of benzene rings is 1. The highest BCUT2D eigenvalue weighted by molar-refractivity contribution is 6.35. The van der Waals surface area contributed by atoms with Crippen LogP contribution in [0.5, 0.6) is 0 Å². The van der Waals surface area contributed by atoms with Gasteiger partial charge < -0.3 is 0 Å². The third kappa shape index (κ3) is 4.23. The number of hydrogen-bond donors (Lipinski definition) is 0. The van der Waals surface area contributed by atoms with E-state index in [1.807, 2.05) is 0 Å². The first-order valence-corrected chi connectivity index (χ1v) is 5.74. The van der Waals surface area contributed by atoms with E-state index in [4.69, 9.17) is 23.2 Å². The number of ketones is 1. The molecule has 0 N–H and O–H groups in total. The van der Waals surface area contributed by atoms with Gasteiger partial charge in [0.2, 0.25) is 0 Å². The molecule has 0 unspecified atom stereocenters. The SMILES string of the molecule is CC(C)CCC(=O)c1cc(Cl)cc(Cl)c1. The Bertz CT molecular complexity index is 338. The Kier molecular flexibility index (Phi) is 4.62. The Morgan fingerprint density at radius 3 is 2.20 bits per heavy atom. The molecule has 1 nitrogen and oxygen atoms in total. The van der Waals surface area contributed by atoms with Crippen molar-refractivity contribution in [1.82, 2.24) is 0 Å². The van der Waals surface area contributed by atoms with E-state index in [2.05, 4.69) is 13.8 Å². The van der Waals surface area contributed by atoms with Gasteiger partial charge in [-0.25, -0.2) is 0 Å². The molecule has 15 heavy (non-hydrogen) atoms. The van der Waals surface area contributed by atoms with Gasteiger partial charge in [0.1, 0.15) is 0 Å². The molecule has 1 aromatic rings. The van der Waals surface area contributed by atoms with Crippen LogP contribution < -0.4 is 0 Å². The summed E-state index contributed by atoms with van der Waals surface area (Å²) in [5.74, 6) is 0.636. The van der Waals surface area contributed by atoms with Crippen molar-refractivity contribution in [1.29, 1.82) is 0 Å². The van der Waals surface area contributed by atoms with Gasteiger partial charge in [0, 0.05) is 22.0 Å². The molecule has 0 aliphatic heterocycles. The summed E-state index contributed by atoms with van der Waals surface area (Å²) in [5.41, 5.74) is 0.605. The molecule has 0 aromatic heterocycles. The first-order valence-electron chi connectivity index (χ1n) is 4.98. The second kappa shape index (κ2) is 5.53. The van der Waals surface area contributed by atoms with Crippen LogP contribution in [0.25, 0.3) is 0 Å². The van der Waals surface area contributed by atoms with E-state index in [1.165, 1.54) is 0 Å². The van der Waals surface area contributed by atoms with Crippen LogP contribution in [0, 0.1) is 5.92 Å². The fraction of sp³-hybridized carbons (Fsp3) is 0.417. The van der Waals surface area contributed by atoms with Crippen LogP contribution >= 0.6 is 23.2 Å². The highest BCUT2D eigenvalue weighted by atomic mass is 35.5. The topological polar surface area (TPSA) is 17.1 Å². The van der Waals surface area contributed by atoms with Crippen LogP contribution in [0.15, 0.2) is 18.2 Å². The summed E-state index contributed by atoms with van der Waals surface area (Å²) < 4.78 is 0. The Morgan fingerprint density at radius 1 is 1.20 bits per heavy atom. The molecule has 0 amide bonds. The van der Waals surface area contributed by atoms with E-state index >= 15 is 0 Å². The van der Waals surface area contributed by atoms with Crippen LogP contribution in [0.2, 0.25) is 10.0 Å². The second-order valence-electron chi connectivity index (χ2n) is 4.01. The van der Waals surface area contributed by atoms with Crippen molar-refractivity contribution in [3.8, 4) is 0 Å². The Balaban J connectivity index is 2.73. The van der Waals surface area contributed by atoms with Crippen molar-refractivity contribution < 1.29 is 4.79 Å². The monoisotopic (exact) mass is 244 g/mol. The van der Waals surface area contributed by atoms with Crippen molar-refractivity contribution in [2.24, 2.45) is 5.92 Å². The van der Waals surface area contributed by atoms with Gasteiger partial charge >= 0.3 is 0 Å². The van der Waals surface area contributed by atoms with E-state index in [-0.39, 0.29) is 5.78 Å². The molecular formula is C12H14Cl2O. The smallest absolute Gasteiger partial charge is 0.162 e. The van der Waals surface area contributed by atoms with E-state index in [0.717, 1.165) is 6.42 Å². The van der Waals surface area contributed by atoms with Crippen molar-refractivity contribution in [2.45, 2.75) is 26.7 Å². The quantitative estimate of drug-likeness (QED) is 0.708. The number of carbonyl (C=O) groups excluding carboxylic acids is 1. The van der Waals surface area contributed by atoms with Crippen molar-refractivity contribution in [2.75, 3.05) is 0 Å². The maximum Gasteiger partial charge on any atom is 0.162 e. The summed E-state index contributed by atoms with van der Waals surface area (Å²) in [7, 11) is 0. The van der Waals surface area contributed by atoms with Crippen molar-refractivity contribution >= 4 is 29.0 Å². The summed E-state index contributed by atoms with van der Waals surface area (Å²) in [6.45, 7) is 4.19. The lowest BCUT2D eigenvalue weighted by Crippen LogP contribution is -2.01. The number of halogens is 2. The average Bonchev–Trinajstić information content (AvgIpc) is 2.12. The predicted molar refractivity (Wildman–Crippen MR) is 64.9 cm³/mol. The predicted octanol–water partition coefficient (Wildman–Crippen LogP) is 4.61. The normalized spacial score (nSPS) is 10.7. The van der Waals surface area contributed by atoms with Gasteiger partial charge in [0.05, 0.1) is 0 Å². The zero-order chi connectivity index (χ0) is 11.4. The summed E-state index contributed by atoms with van der Waals surface area (Å²) in [4.78, 5) is 11.7. The summed E-state index contributed by atoms with van der Waals surface area (Å²) in [6, 6.07) is 4.95. The molecule has 0 fully saturated rings. The molecule has 0 bridgehead atoms. The third-order valence-corrected chi connectivity index (χ3v) is 2.57. The largest absolute Gasteiger partial charge is 0.294 e. The van der Waals surface area contributed by atoms with Gasteiger partial charge in [-0.1, -0.05) is 37.0 Å². The number of Topliss-reactive ketones (excluding diaryl/α,β-unsaturated/α-hetero) is 1. The second-order valence-corrected chi connectivity index (χ2v) is 4.89. The Hall–Kier alpha value is -0.530. The van der Waals surface area contributed by atoms with Crippen LogP contribution in [0.1, 0.15) is 37.0 Å². The molecule has 0 heterocycles. The molecule has 82 valence electrons. The lowest BCUT2D eigenvalue weighted by molar-refractivity contribution is 0.0975. The molecule has 0 atom stereocenters. The molecule has 1 rings (SSSR count). The van der Waals surface area contributed by atoms with Gasteiger partial charge in [0.15, 0.2) is 5.78 Å². The summed E-state index contributed by atoms with van der Waals surface area (Å²) >= 11 is 11.6. The van der Waals surface area contributed by atoms with Gasteiger partial charge in [-0.2, -0.15) is 0 Å². The molecule has 3 heteroatoms. The van der Waals surface area contributed by atoms with Crippen LogP contribution in [-0.2, 0) is 0 Å². The zero-order valence-corrected chi connectivity index (χ0v) is 10.4. The molecular weight excluding hydrogens is 231 g/mol. The first-order chi connectivity index (χ1) is 6.99. The van der Waals surface area contributed by atoms with E-state index in [0.29, 0.717) is 27.9 Å². The minimum Gasteiger partial charge on any atom is -0.294 e. The highest BCUT2D eigenvalue weighted by Crippen LogP contribution is 2.20. The van der Waals surface area contributed by atoms with Crippen LogP contribution in [-0.4, -0.2) is 5.78 Å². The molecule has 0 saturated carbocycles. The average molecular weight is 245 g/mol. The Morgan fingerprint density at radius 2 is 1.73 bits per heavy atom. The molecule has 0 aliphatic rings. The van der Waals surface area contributed by atoms with Gasteiger partial charge in [-0.15, -0.1) is 0 Å². The van der Waals surface area contributed by atoms with Crippen molar-refractivity contribution in [3.05, 3.63) is 33.8 Å². The summed E-state index contributed by atoms with van der Waals surface area (Å²) in [6.07, 6.45) is 1.44. The van der Waals surface area contributed by atoms with E-state index in [9.17, 15) is 4.79 Å². The van der Waals surface area contributed by atoms with Crippen LogP contribution in [0.4, 0.5) is 0 Å². The Labute approximate surface area is 100 Å². The first kappa shape index (κ1) is 12.5. The zero-order valence-electron chi connectivity index (χ0n) is 8.89. The molecule has 0 radical (unpaired) electrons. The van der Waals surface area contributed by atoms with E-state index < -0.39 is 0 Å². The van der Waals surface area contributed by atoms with Crippen molar-refractivity contribution in [3.63, 3.8) is 0 Å². The molecule has 0 saturated heterocycles. The number of hydrogen-bond acceptors (Lipinski definition) is 1. The van der Waals surface area contributed by atoms with Crippen LogP contribution in [0.3, 0.4) is 0 Å². The maximum atomic E-state index is 11.7. The number of carbonyl (C=O) groups is 1. The fourth-order valence-corrected chi connectivity index (χ4v) is 1.80.